The monoisotopic (exact) mass is 279 g/mol. The normalized spacial score (nSPS) is 10.7. The second kappa shape index (κ2) is 6.28. The van der Waals surface area contributed by atoms with E-state index >= 15 is 0 Å². The van der Waals surface area contributed by atoms with Gasteiger partial charge in [0, 0.05) is 6.54 Å². The number of benzene rings is 2. The standard InChI is InChI=1S/C16H17N5/c17-10-9-12-5-7-13(8-6-12)11-18-16-19-14-3-1-2-4-15(14)20-21-16/h1-8H,9-11,17H2,(H,18,19,21). The van der Waals surface area contributed by atoms with Crippen molar-refractivity contribution in [2.24, 2.45) is 5.73 Å². The number of hydrogen-bond donors (Lipinski definition) is 2. The Bertz CT molecular complexity index is 724. The third-order valence-corrected chi connectivity index (χ3v) is 3.27. The Kier molecular flexibility index (Phi) is 4.02. The summed E-state index contributed by atoms with van der Waals surface area (Å²) in [4.78, 5) is 4.44. The van der Waals surface area contributed by atoms with Crippen LogP contribution in [0, 0.1) is 0 Å². The summed E-state index contributed by atoms with van der Waals surface area (Å²) >= 11 is 0. The first-order valence-corrected chi connectivity index (χ1v) is 6.96. The van der Waals surface area contributed by atoms with Crippen LogP contribution < -0.4 is 11.1 Å². The highest BCUT2D eigenvalue weighted by atomic mass is 15.2. The van der Waals surface area contributed by atoms with E-state index in [1.54, 1.807) is 0 Å². The Labute approximate surface area is 123 Å². The molecule has 0 atom stereocenters. The minimum atomic E-state index is 0.541. The molecule has 0 spiro atoms. The number of para-hydroxylation sites is 1. The van der Waals surface area contributed by atoms with E-state index in [4.69, 9.17) is 5.73 Å². The molecule has 3 N–H and O–H groups in total. The molecular formula is C16H17N5. The van der Waals surface area contributed by atoms with E-state index < -0.39 is 0 Å². The summed E-state index contributed by atoms with van der Waals surface area (Å²) in [5, 5.41) is 11.4. The van der Waals surface area contributed by atoms with E-state index in [9.17, 15) is 0 Å². The maximum Gasteiger partial charge on any atom is 0.243 e. The molecule has 2 aromatic carbocycles. The Balaban J connectivity index is 1.68. The highest BCUT2D eigenvalue weighted by molar-refractivity contribution is 5.74. The van der Waals surface area contributed by atoms with Crippen LogP contribution in [0.5, 0.6) is 0 Å². The third kappa shape index (κ3) is 3.32. The average molecular weight is 279 g/mol. The van der Waals surface area contributed by atoms with Gasteiger partial charge < -0.3 is 11.1 Å². The fourth-order valence-electron chi connectivity index (χ4n) is 2.13. The third-order valence-electron chi connectivity index (χ3n) is 3.27. The lowest BCUT2D eigenvalue weighted by Crippen LogP contribution is -2.05. The second-order valence-corrected chi connectivity index (χ2v) is 4.83. The van der Waals surface area contributed by atoms with E-state index in [0.717, 1.165) is 17.5 Å². The molecule has 0 amide bonds. The molecule has 21 heavy (non-hydrogen) atoms. The van der Waals surface area contributed by atoms with Gasteiger partial charge in [0.15, 0.2) is 0 Å². The molecule has 0 radical (unpaired) electrons. The van der Waals surface area contributed by atoms with Crippen molar-refractivity contribution in [1.82, 2.24) is 15.2 Å². The molecule has 0 saturated heterocycles. The van der Waals surface area contributed by atoms with E-state index in [-0.39, 0.29) is 0 Å². The number of nitrogens with zero attached hydrogens (tertiary/aromatic N) is 3. The van der Waals surface area contributed by atoms with Crippen molar-refractivity contribution < 1.29 is 0 Å². The van der Waals surface area contributed by atoms with Gasteiger partial charge in [-0.25, -0.2) is 4.98 Å². The number of nitrogens with two attached hydrogens (primary N) is 1. The molecule has 0 fully saturated rings. The van der Waals surface area contributed by atoms with Crippen LogP contribution in [0.15, 0.2) is 48.5 Å². The average Bonchev–Trinajstić information content (AvgIpc) is 2.54. The number of anilines is 1. The van der Waals surface area contributed by atoms with Crippen molar-refractivity contribution >= 4 is 17.0 Å². The molecule has 0 bridgehead atoms. The summed E-state index contributed by atoms with van der Waals surface area (Å²) in [7, 11) is 0. The summed E-state index contributed by atoms with van der Waals surface area (Å²) in [5.41, 5.74) is 9.61. The van der Waals surface area contributed by atoms with Crippen LogP contribution in [0.3, 0.4) is 0 Å². The lowest BCUT2D eigenvalue weighted by atomic mass is 10.1. The Morgan fingerprint density at radius 1 is 0.857 bits per heavy atom. The smallest absolute Gasteiger partial charge is 0.243 e. The molecule has 3 aromatic rings. The van der Waals surface area contributed by atoms with Gasteiger partial charge in [-0.05, 0) is 36.2 Å². The fraction of sp³-hybridized carbons (Fsp3) is 0.188. The number of nitrogens with one attached hydrogen (secondary N) is 1. The summed E-state index contributed by atoms with van der Waals surface area (Å²) in [6.45, 7) is 1.34. The van der Waals surface area contributed by atoms with Gasteiger partial charge in [-0.1, -0.05) is 36.4 Å². The maximum atomic E-state index is 5.54. The summed E-state index contributed by atoms with van der Waals surface area (Å²) in [5.74, 6) is 0.541. The van der Waals surface area contributed by atoms with E-state index in [1.165, 1.54) is 11.1 Å². The molecule has 1 aromatic heterocycles. The summed E-state index contributed by atoms with van der Waals surface area (Å²) in [6.07, 6.45) is 0.908. The minimum Gasteiger partial charge on any atom is -0.349 e. The largest absolute Gasteiger partial charge is 0.349 e. The zero-order chi connectivity index (χ0) is 14.5. The second-order valence-electron chi connectivity index (χ2n) is 4.83. The predicted molar refractivity (Wildman–Crippen MR) is 83.9 cm³/mol. The van der Waals surface area contributed by atoms with E-state index in [0.29, 0.717) is 19.0 Å². The highest BCUT2D eigenvalue weighted by Crippen LogP contribution is 2.10. The van der Waals surface area contributed by atoms with Crippen LogP contribution in [-0.4, -0.2) is 21.7 Å². The van der Waals surface area contributed by atoms with Crippen molar-refractivity contribution in [2.45, 2.75) is 13.0 Å². The van der Waals surface area contributed by atoms with E-state index in [1.807, 2.05) is 24.3 Å². The van der Waals surface area contributed by atoms with Crippen LogP contribution in [0.4, 0.5) is 5.95 Å². The number of hydrogen-bond acceptors (Lipinski definition) is 5. The molecule has 0 saturated carbocycles. The molecule has 0 aliphatic carbocycles. The van der Waals surface area contributed by atoms with Gasteiger partial charge in [0.1, 0.15) is 5.52 Å². The molecule has 5 nitrogen and oxygen atoms in total. The molecule has 0 aliphatic heterocycles. The van der Waals surface area contributed by atoms with Gasteiger partial charge in [0.05, 0.1) is 5.52 Å². The summed E-state index contributed by atoms with van der Waals surface area (Å²) in [6, 6.07) is 16.1. The zero-order valence-corrected chi connectivity index (χ0v) is 11.7. The lowest BCUT2D eigenvalue weighted by Gasteiger charge is -2.06. The molecular weight excluding hydrogens is 262 g/mol. The van der Waals surface area contributed by atoms with Crippen LogP contribution in [-0.2, 0) is 13.0 Å². The van der Waals surface area contributed by atoms with E-state index in [2.05, 4.69) is 44.8 Å². The van der Waals surface area contributed by atoms with Gasteiger partial charge in [0.2, 0.25) is 5.95 Å². The molecule has 0 aliphatic rings. The maximum absolute atomic E-state index is 5.54. The van der Waals surface area contributed by atoms with Crippen molar-refractivity contribution in [3.8, 4) is 0 Å². The van der Waals surface area contributed by atoms with Gasteiger partial charge in [0.25, 0.3) is 0 Å². The summed E-state index contributed by atoms with van der Waals surface area (Å²) < 4.78 is 0. The lowest BCUT2D eigenvalue weighted by molar-refractivity contribution is 0.961. The molecule has 1 heterocycles. The minimum absolute atomic E-state index is 0.541. The van der Waals surface area contributed by atoms with Crippen LogP contribution in [0.1, 0.15) is 11.1 Å². The zero-order valence-electron chi connectivity index (χ0n) is 11.7. The topological polar surface area (TPSA) is 76.7 Å². The number of fused-ring (bicyclic) bond motifs is 1. The van der Waals surface area contributed by atoms with Crippen LogP contribution >= 0.6 is 0 Å². The van der Waals surface area contributed by atoms with Crippen molar-refractivity contribution in [3.05, 3.63) is 59.7 Å². The predicted octanol–water partition coefficient (Wildman–Crippen LogP) is 2.14. The van der Waals surface area contributed by atoms with Crippen molar-refractivity contribution in [3.63, 3.8) is 0 Å². The van der Waals surface area contributed by atoms with Crippen LogP contribution in [0.25, 0.3) is 11.0 Å². The van der Waals surface area contributed by atoms with Crippen molar-refractivity contribution in [1.29, 1.82) is 0 Å². The highest BCUT2D eigenvalue weighted by Gasteiger charge is 2.01. The number of aromatic nitrogens is 3. The SMILES string of the molecule is NCCc1ccc(CNc2nnc3ccccc3n2)cc1. The molecule has 3 rings (SSSR count). The van der Waals surface area contributed by atoms with Gasteiger partial charge in [-0.2, -0.15) is 0 Å². The number of rotatable bonds is 5. The van der Waals surface area contributed by atoms with Crippen molar-refractivity contribution in [2.75, 3.05) is 11.9 Å². The molecule has 106 valence electrons. The first kappa shape index (κ1) is 13.5. The Hall–Kier alpha value is -2.53. The first-order valence-electron chi connectivity index (χ1n) is 6.96. The molecule has 0 unspecified atom stereocenters. The first-order chi connectivity index (χ1) is 10.3. The van der Waals surface area contributed by atoms with Gasteiger partial charge in [-0.3, -0.25) is 0 Å². The molecule has 5 heteroatoms. The Morgan fingerprint density at radius 3 is 2.33 bits per heavy atom. The Morgan fingerprint density at radius 2 is 1.57 bits per heavy atom. The quantitative estimate of drug-likeness (QED) is 0.748. The fourth-order valence-corrected chi connectivity index (χ4v) is 2.13. The van der Waals surface area contributed by atoms with Crippen LogP contribution in [0.2, 0.25) is 0 Å². The van der Waals surface area contributed by atoms with Gasteiger partial charge in [-0.15, -0.1) is 10.2 Å². The van der Waals surface area contributed by atoms with Gasteiger partial charge >= 0.3 is 0 Å².